The maximum Gasteiger partial charge on any atom is 0.492 e. The molecule has 2 rings (SSSR count). The predicted molar refractivity (Wildman–Crippen MR) is 93.5 cm³/mol. The SMILES string of the molecule is CCOC(=O)c1cccc(C=C(CO)B2OC(C)(C)C(C)(C)O2)c1. The quantitative estimate of drug-likeness (QED) is 0.663. The summed E-state index contributed by atoms with van der Waals surface area (Å²) in [4.78, 5) is 11.8. The molecule has 130 valence electrons. The van der Waals surface area contributed by atoms with Gasteiger partial charge in [0.05, 0.1) is 30.0 Å². The van der Waals surface area contributed by atoms with Crippen LogP contribution in [0.4, 0.5) is 0 Å². The van der Waals surface area contributed by atoms with Gasteiger partial charge in [0.1, 0.15) is 0 Å². The highest BCUT2D eigenvalue weighted by Crippen LogP contribution is 2.38. The molecule has 0 unspecified atom stereocenters. The van der Waals surface area contributed by atoms with Crippen LogP contribution in [0.5, 0.6) is 0 Å². The number of esters is 1. The summed E-state index contributed by atoms with van der Waals surface area (Å²) >= 11 is 0. The lowest BCUT2D eigenvalue weighted by Gasteiger charge is -2.32. The van der Waals surface area contributed by atoms with Crippen LogP contribution in [0.25, 0.3) is 6.08 Å². The Morgan fingerprint density at radius 2 is 1.88 bits per heavy atom. The van der Waals surface area contributed by atoms with E-state index in [9.17, 15) is 9.90 Å². The van der Waals surface area contributed by atoms with Crippen molar-refractivity contribution in [2.24, 2.45) is 0 Å². The van der Waals surface area contributed by atoms with E-state index in [-0.39, 0.29) is 12.6 Å². The standard InChI is InChI=1S/C18H25BO5/c1-6-22-16(21)14-9-7-8-13(10-14)11-15(12-20)19-23-17(2,3)18(4,5)24-19/h7-11,20H,6,12H2,1-5H3. The summed E-state index contributed by atoms with van der Waals surface area (Å²) < 4.78 is 16.9. The van der Waals surface area contributed by atoms with E-state index < -0.39 is 18.3 Å². The summed E-state index contributed by atoms with van der Waals surface area (Å²) in [5, 5.41) is 9.73. The van der Waals surface area contributed by atoms with Gasteiger partial charge in [-0.15, -0.1) is 0 Å². The first-order chi connectivity index (χ1) is 11.2. The van der Waals surface area contributed by atoms with Gasteiger partial charge in [-0.25, -0.2) is 4.79 Å². The van der Waals surface area contributed by atoms with Gasteiger partial charge in [0.15, 0.2) is 0 Å². The highest BCUT2D eigenvalue weighted by molar-refractivity contribution is 6.55. The van der Waals surface area contributed by atoms with Crippen LogP contribution in [0, 0.1) is 0 Å². The third-order valence-corrected chi connectivity index (χ3v) is 4.49. The van der Waals surface area contributed by atoms with Gasteiger partial charge >= 0.3 is 13.1 Å². The van der Waals surface area contributed by atoms with E-state index in [2.05, 4.69) is 0 Å². The van der Waals surface area contributed by atoms with Crippen molar-refractivity contribution in [3.05, 3.63) is 40.9 Å². The average molecular weight is 332 g/mol. The fourth-order valence-electron chi connectivity index (χ4n) is 2.37. The zero-order valence-electron chi connectivity index (χ0n) is 15.0. The van der Waals surface area contributed by atoms with Gasteiger partial charge in [-0.3, -0.25) is 0 Å². The van der Waals surface area contributed by atoms with Crippen LogP contribution in [0.2, 0.25) is 0 Å². The number of carbonyl (C=O) groups is 1. The summed E-state index contributed by atoms with van der Waals surface area (Å²) in [6.45, 7) is 9.75. The third-order valence-electron chi connectivity index (χ3n) is 4.49. The van der Waals surface area contributed by atoms with Crippen LogP contribution in [-0.4, -0.2) is 42.6 Å². The van der Waals surface area contributed by atoms with E-state index in [0.717, 1.165) is 5.56 Å². The predicted octanol–water partition coefficient (Wildman–Crippen LogP) is 2.87. The van der Waals surface area contributed by atoms with E-state index in [1.807, 2.05) is 33.8 Å². The smallest absolute Gasteiger partial charge is 0.462 e. The molecule has 24 heavy (non-hydrogen) atoms. The Hall–Kier alpha value is -1.63. The molecule has 0 aromatic heterocycles. The van der Waals surface area contributed by atoms with Crippen LogP contribution in [0.3, 0.4) is 0 Å². The van der Waals surface area contributed by atoms with Crippen LogP contribution < -0.4 is 0 Å². The Morgan fingerprint density at radius 1 is 1.25 bits per heavy atom. The number of aliphatic hydroxyl groups is 1. The molecule has 5 nitrogen and oxygen atoms in total. The molecule has 1 aliphatic rings. The molecule has 0 bridgehead atoms. The molecular weight excluding hydrogens is 307 g/mol. The van der Waals surface area contributed by atoms with Gasteiger partial charge in [-0.1, -0.05) is 18.2 Å². The topological polar surface area (TPSA) is 65.0 Å². The zero-order valence-corrected chi connectivity index (χ0v) is 15.0. The Balaban J connectivity index is 2.26. The van der Waals surface area contributed by atoms with Crippen molar-refractivity contribution in [2.75, 3.05) is 13.2 Å². The molecular formula is C18H25BO5. The molecule has 1 aliphatic heterocycles. The summed E-state index contributed by atoms with van der Waals surface area (Å²) in [5.74, 6) is -0.367. The Bertz CT molecular complexity index is 620. The van der Waals surface area contributed by atoms with E-state index in [4.69, 9.17) is 14.0 Å². The molecule has 0 amide bonds. The molecule has 1 N–H and O–H groups in total. The maximum atomic E-state index is 11.8. The molecule has 1 heterocycles. The fraction of sp³-hybridized carbons (Fsp3) is 0.500. The Morgan fingerprint density at radius 3 is 2.42 bits per heavy atom. The maximum absolute atomic E-state index is 11.8. The van der Waals surface area contributed by atoms with E-state index >= 15 is 0 Å². The first-order valence-electron chi connectivity index (χ1n) is 8.14. The second kappa shape index (κ2) is 7.09. The van der Waals surface area contributed by atoms with Crippen LogP contribution >= 0.6 is 0 Å². The van der Waals surface area contributed by atoms with E-state index in [0.29, 0.717) is 17.6 Å². The van der Waals surface area contributed by atoms with Gasteiger partial charge in [-0.2, -0.15) is 0 Å². The van der Waals surface area contributed by atoms with Crippen molar-refractivity contribution in [3.8, 4) is 0 Å². The minimum atomic E-state index is -0.619. The summed E-state index contributed by atoms with van der Waals surface area (Å²) in [6.07, 6.45) is 1.78. The number of ether oxygens (including phenoxy) is 1. The van der Waals surface area contributed by atoms with Gasteiger partial charge < -0.3 is 19.2 Å². The largest absolute Gasteiger partial charge is 0.492 e. The van der Waals surface area contributed by atoms with Gasteiger partial charge in [0, 0.05) is 0 Å². The van der Waals surface area contributed by atoms with Crippen molar-refractivity contribution in [1.29, 1.82) is 0 Å². The molecule has 0 saturated carbocycles. The Kier molecular flexibility index (Phi) is 5.53. The molecule has 0 aliphatic carbocycles. The summed E-state index contributed by atoms with van der Waals surface area (Å²) in [5.41, 5.74) is 0.906. The highest BCUT2D eigenvalue weighted by atomic mass is 16.7. The molecule has 1 fully saturated rings. The molecule has 1 aromatic rings. The second-order valence-corrected chi connectivity index (χ2v) is 6.81. The first kappa shape index (κ1) is 18.7. The zero-order chi connectivity index (χ0) is 18.0. The molecule has 0 radical (unpaired) electrons. The lowest BCUT2D eigenvalue weighted by atomic mass is 9.77. The normalized spacial score (nSPS) is 19.4. The highest BCUT2D eigenvalue weighted by Gasteiger charge is 2.52. The first-order valence-corrected chi connectivity index (χ1v) is 8.14. The number of hydrogen-bond donors (Lipinski definition) is 1. The number of benzene rings is 1. The molecule has 0 spiro atoms. The second-order valence-electron chi connectivity index (χ2n) is 6.81. The van der Waals surface area contributed by atoms with Gasteiger partial charge in [0.25, 0.3) is 0 Å². The summed E-state index contributed by atoms with van der Waals surface area (Å²) in [7, 11) is -0.619. The molecule has 0 atom stereocenters. The van der Waals surface area contributed by atoms with Crippen molar-refractivity contribution in [2.45, 2.75) is 45.8 Å². The average Bonchev–Trinajstić information content (AvgIpc) is 2.73. The van der Waals surface area contributed by atoms with Crippen molar-refractivity contribution < 1.29 is 23.9 Å². The van der Waals surface area contributed by atoms with Gasteiger partial charge in [-0.05, 0) is 57.8 Å². The number of carbonyl (C=O) groups excluding carboxylic acids is 1. The third kappa shape index (κ3) is 3.88. The van der Waals surface area contributed by atoms with Crippen LogP contribution in [0.15, 0.2) is 29.7 Å². The van der Waals surface area contributed by atoms with Crippen molar-refractivity contribution >= 4 is 19.2 Å². The lowest BCUT2D eigenvalue weighted by molar-refractivity contribution is 0.00578. The fourth-order valence-corrected chi connectivity index (χ4v) is 2.37. The number of aliphatic hydroxyl groups excluding tert-OH is 1. The van der Waals surface area contributed by atoms with Crippen LogP contribution in [0.1, 0.15) is 50.5 Å². The van der Waals surface area contributed by atoms with Crippen molar-refractivity contribution in [1.82, 2.24) is 0 Å². The van der Waals surface area contributed by atoms with Crippen LogP contribution in [-0.2, 0) is 14.0 Å². The van der Waals surface area contributed by atoms with Gasteiger partial charge in [0.2, 0.25) is 0 Å². The molecule has 1 saturated heterocycles. The monoisotopic (exact) mass is 332 g/mol. The minimum Gasteiger partial charge on any atom is -0.462 e. The Labute approximate surface area is 143 Å². The number of hydrogen-bond acceptors (Lipinski definition) is 5. The lowest BCUT2D eigenvalue weighted by Crippen LogP contribution is -2.41. The molecule has 6 heteroatoms. The number of rotatable bonds is 5. The molecule has 1 aromatic carbocycles. The van der Waals surface area contributed by atoms with Crippen molar-refractivity contribution in [3.63, 3.8) is 0 Å². The summed E-state index contributed by atoms with van der Waals surface area (Å²) in [6, 6.07) is 7.04. The van der Waals surface area contributed by atoms with E-state index in [1.165, 1.54) is 0 Å². The minimum absolute atomic E-state index is 0.194. The van der Waals surface area contributed by atoms with E-state index in [1.54, 1.807) is 31.2 Å².